The van der Waals surface area contributed by atoms with Crippen molar-refractivity contribution in [2.45, 2.75) is 25.9 Å². The zero-order valence-corrected chi connectivity index (χ0v) is 11.9. The molecule has 1 aromatic rings. The predicted molar refractivity (Wildman–Crippen MR) is 77.5 cm³/mol. The maximum Gasteiger partial charge on any atom is 0.0638 e. The van der Waals surface area contributed by atoms with Crippen LogP contribution in [0.5, 0.6) is 0 Å². The van der Waals surface area contributed by atoms with E-state index in [0.717, 1.165) is 26.2 Å². The first-order valence-electron chi connectivity index (χ1n) is 7.02. The van der Waals surface area contributed by atoms with Gasteiger partial charge in [-0.05, 0) is 18.5 Å². The number of nitriles is 1. The minimum atomic E-state index is 0.360. The molecule has 2 atom stereocenters. The van der Waals surface area contributed by atoms with Crippen LogP contribution in [-0.2, 0) is 6.54 Å². The van der Waals surface area contributed by atoms with Gasteiger partial charge in [0.05, 0.1) is 12.5 Å². The van der Waals surface area contributed by atoms with Crippen LogP contribution in [0.2, 0.25) is 0 Å². The first-order chi connectivity index (χ1) is 9.19. The zero-order chi connectivity index (χ0) is 13.7. The number of nitrogens with zero attached hydrogens (tertiary/aromatic N) is 3. The van der Waals surface area contributed by atoms with E-state index in [-0.39, 0.29) is 0 Å². The third-order valence-electron chi connectivity index (χ3n) is 3.84. The van der Waals surface area contributed by atoms with Crippen molar-refractivity contribution in [2.75, 3.05) is 26.7 Å². The topological polar surface area (TPSA) is 30.3 Å². The van der Waals surface area contributed by atoms with Crippen molar-refractivity contribution in [2.24, 2.45) is 5.92 Å². The molecule has 1 heterocycles. The van der Waals surface area contributed by atoms with E-state index in [1.807, 2.05) is 0 Å². The molecule has 1 saturated heterocycles. The Bertz CT molecular complexity index is 423. The van der Waals surface area contributed by atoms with Crippen molar-refractivity contribution in [3.8, 4) is 6.07 Å². The lowest BCUT2D eigenvalue weighted by atomic mass is 10.1. The van der Waals surface area contributed by atoms with Crippen LogP contribution >= 0.6 is 0 Å². The number of benzene rings is 1. The maximum absolute atomic E-state index is 8.97. The van der Waals surface area contributed by atoms with Gasteiger partial charge in [-0.1, -0.05) is 37.3 Å². The van der Waals surface area contributed by atoms with E-state index in [1.54, 1.807) is 0 Å². The van der Waals surface area contributed by atoms with Gasteiger partial charge in [-0.25, -0.2) is 0 Å². The Balaban J connectivity index is 2.04. The summed E-state index contributed by atoms with van der Waals surface area (Å²) in [5, 5.41) is 8.97. The molecule has 3 nitrogen and oxygen atoms in total. The second kappa shape index (κ2) is 6.70. The highest BCUT2D eigenvalue weighted by molar-refractivity contribution is 5.14. The number of hydrogen-bond acceptors (Lipinski definition) is 3. The van der Waals surface area contributed by atoms with Crippen LogP contribution in [0.1, 0.15) is 18.9 Å². The van der Waals surface area contributed by atoms with E-state index in [9.17, 15) is 0 Å². The monoisotopic (exact) mass is 257 g/mol. The van der Waals surface area contributed by atoms with Gasteiger partial charge in [0.2, 0.25) is 0 Å². The van der Waals surface area contributed by atoms with Crippen molar-refractivity contribution in [1.82, 2.24) is 9.80 Å². The second-order valence-electron chi connectivity index (χ2n) is 5.74. The number of rotatable bonds is 3. The average molecular weight is 257 g/mol. The SMILES string of the molecule is CC1CN(Cc2ccccc2)CC(CC#N)N(C)C1. The van der Waals surface area contributed by atoms with Crippen LogP contribution in [0.3, 0.4) is 0 Å². The summed E-state index contributed by atoms with van der Waals surface area (Å²) < 4.78 is 0. The molecule has 1 aromatic carbocycles. The van der Waals surface area contributed by atoms with E-state index in [0.29, 0.717) is 18.4 Å². The van der Waals surface area contributed by atoms with E-state index in [4.69, 9.17) is 5.26 Å². The predicted octanol–water partition coefficient (Wildman–Crippen LogP) is 2.35. The molecule has 0 spiro atoms. The second-order valence-corrected chi connectivity index (χ2v) is 5.74. The minimum Gasteiger partial charge on any atom is -0.301 e. The quantitative estimate of drug-likeness (QED) is 0.832. The van der Waals surface area contributed by atoms with Gasteiger partial charge < -0.3 is 4.90 Å². The molecule has 1 aliphatic heterocycles. The van der Waals surface area contributed by atoms with Gasteiger partial charge in [-0.15, -0.1) is 0 Å². The third kappa shape index (κ3) is 4.05. The van der Waals surface area contributed by atoms with Crippen LogP contribution in [0.25, 0.3) is 0 Å². The lowest BCUT2D eigenvalue weighted by Gasteiger charge is -2.27. The number of likely N-dealkylation sites (N-methyl/N-ethyl adjacent to an activating group) is 1. The summed E-state index contributed by atoms with van der Waals surface area (Å²) in [7, 11) is 2.14. The average Bonchev–Trinajstić information content (AvgIpc) is 2.50. The molecular weight excluding hydrogens is 234 g/mol. The Morgan fingerprint density at radius 1 is 1.21 bits per heavy atom. The normalized spacial score (nSPS) is 25.7. The van der Waals surface area contributed by atoms with E-state index >= 15 is 0 Å². The van der Waals surface area contributed by atoms with Gasteiger partial charge in [0.15, 0.2) is 0 Å². The van der Waals surface area contributed by atoms with Crippen LogP contribution in [0.15, 0.2) is 30.3 Å². The first-order valence-corrected chi connectivity index (χ1v) is 7.02. The Morgan fingerprint density at radius 2 is 1.95 bits per heavy atom. The fourth-order valence-corrected chi connectivity index (χ4v) is 2.95. The highest BCUT2D eigenvalue weighted by Gasteiger charge is 2.25. The van der Waals surface area contributed by atoms with Gasteiger partial charge in [-0.3, -0.25) is 4.90 Å². The molecular formula is C16H23N3. The lowest BCUT2D eigenvalue weighted by Crippen LogP contribution is -2.38. The summed E-state index contributed by atoms with van der Waals surface area (Å²) in [5.74, 6) is 0.650. The van der Waals surface area contributed by atoms with Crippen molar-refractivity contribution >= 4 is 0 Å². The standard InChI is InChI=1S/C16H23N3/c1-14-10-18(2)16(8-9-17)13-19(11-14)12-15-6-4-3-5-7-15/h3-7,14,16H,8,10-13H2,1-2H3. The van der Waals surface area contributed by atoms with Crippen molar-refractivity contribution < 1.29 is 0 Å². The van der Waals surface area contributed by atoms with Gasteiger partial charge >= 0.3 is 0 Å². The van der Waals surface area contributed by atoms with Crippen molar-refractivity contribution in [3.63, 3.8) is 0 Å². The summed E-state index contributed by atoms with van der Waals surface area (Å²) in [6, 6.07) is 13.3. The lowest BCUT2D eigenvalue weighted by molar-refractivity contribution is 0.205. The van der Waals surface area contributed by atoms with Gasteiger partial charge in [0.1, 0.15) is 0 Å². The molecule has 1 fully saturated rings. The van der Waals surface area contributed by atoms with Crippen LogP contribution in [0, 0.1) is 17.2 Å². The Labute approximate surface area is 116 Å². The summed E-state index contributed by atoms with van der Waals surface area (Å²) in [4.78, 5) is 4.84. The summed E-state index contributed by atoms with van der Waals surface area (Å²) in [6.45, 7) is 6.46. The summed E-state index contributed by atoms with van der Waals surface area (Å²) in [6.07, 6.45) is 0.620. The molecule has 0 N–H and O–H groups in total. The third-order valence-corrected chi connectivity index (χ3v) is 3.84. The van der Waals surface area contributed by atoms with Gasteiger partial charge in [0, 0.05) is 32.2 Å². The zero-order valence-electron chi connectivity index (χ0n) is 11.9. The molecule has 3 heteroatoms. The molecule has 0 bridgehead atoms. The molecule has 102 valence electrons. The van der Waals surface area contributed by atoms with E-state index in [1.165, 1.54) is 5.56 Å². The van der Waals surface area contributed by atoms with Crippen LogP contribution in [-0.4, -0.2) is 42.5 Å². The molecule has 0 amide bonds. The Hall–Kier alpha value is -1.37. The van der Waals surface area contributed by atoms with Crippen LogP contribution < -0.4 is 0 Å². The molecule has 2 unspecified atom stereocenters. The summed E-state index contributed by atoms with van der Waals surface area (Å²) >= 11 is 0. The highest BCUT2D eigenvalue weighted by Crippen LogP contribution is 2.17. The van der Waals surface area contributed by atoms with Crippen molar-refractivity contribution in [1.29, 1.82) is 5.26 Å². The van der Waals surface area contributed by atoms with E-state index in [2.05, 4.69) is 60.2 Å². The fraction of sp³-hybridized carbons (Fsp3) is 0.562. The highest BCUT2D eigenvalue weighted by atomic mass is 15.2. The van der Waals surface area contributed by atoms with Gasteiger partial charge in [0.25, 0.3) is 0 Å². The molecule has 19 heavy (non-hydrogen) atoms. The Morgan fingerprint density at radius 3 is 2.63 bits per heavy atom. The maximum atomic E-state index is 8.97. The molecule has 0 aliphatic carbocycles. The number of hydrogen-bond donors (Lipinski definition) is 0. The van der Waals surface area contributed by atoms with Crippen molar-refractivity contribution in [3.05, 3.63) is 35.9 Å². The molecule has 0 saturated carbocycles. The first kappa shape index (κ1) is 14.0. The largest absolute Gasteiger partial charge is 0.301 e. The van der Waals surface area contributed by atoms with Gasteiger partial charge in [-0.2, -0.15) is 5.26 Å². The smallest absolute Gasteiger partial charge is 0.0638 e. The summed E-state index contributed by atoms with van der Waals surface area (Å²) in [5.41, 5.74) is 1.36. The minimum absolute atomic E-state index is 0.360. The van der Waals surface area contributed by atoms with Crippen LogP contribution in [0.4, 0.5) is 0 Å². The Kier molecular flexibility index (Phi) is 4.95. The molecule has 2 rings (SSSR count). The fourth-order valence-electron chi connectivity index (χ4n) is 2.95. The molecule has 0 aromatic heterocycles. The van der Waals surface area contributed by atoms with E-state index < -0.39 is 0 Å². The molecule has 0 radical (unpaired) electrons. The molecule has 1 aliphatic rings.